The molecular formula is C14H13FN2O2. The van der Waals surface area contributed by atoms with Crippen molar-refractivity contribution in [3.05, 3.63) is 47.8 Å². The van der Waals surface area contributed by atoms with Crippen LogP contribution in [0.15, 0.2) is 42.2 Å². The molecule has 4 nitrogen and oxygen atoms in total. The highest BCUT2D eigenvalue weighted by molar-refractivity contribution is 5.62. The first kappa shape index (κ1) is 13.2. The summed E-state index contributed by atoms with van der Waals surface area (Å²) in [6, 6.07) is 10.6. The molecule has 0 unspecified atom stereocenters. The van der Waals surface area contributed by atoms with E-state index in [1.807, 2.05) is 12.1 Å². The van der Waals surface area contributed by atoms with Gasteiger partial charge in [-0.25, -0.2) is 4.39 Å². The first-order chi connectivity index (χ1) is 9.22. The number of methoxy groups -OCH3 is 1. The first-order valence-corrected chi connectivity index (χ1v) is 5.68. The zero-order valence-corrected chi connectivity index (χ0v) is 10.4. The van der Waals surface area contributed by atoms with Gasteiger partial charge in [-0.1, -0.05) is 24.3 Å². The van der Waals surface area contributed by atoms with Gasteiger partial charge in [0.1, 0.15) is 5.83 Å². The summed E-state index contributed by atoms with van der Waals surface area (Å²) < 4.78 is 17.8. The monoisotopic (exact) mass is 260 g/mol. The van der Waals surface area contributed by atoms with E-state index >= 15 is 0 Å². The Labute approximate surface area is 110 Å². The van der Waals surface area contributed by atoms with Crippen molar-refractivity contribution in [1.29, 1.82) is 0 Å². The smallest absolute Gasteiger partial charge is 0.233 e. The Morgan fingerprint density at radius 3 is 2.47 bits per heavy atom. The number of hydrogen-bond acceptors (Lipinski definition) is 4. The second-order valence-electron chi connectivity index (χ2n) is 3.83. The lowest BCUT2D eigenvalue weighted by Gasteiger charge is -2.02. The van der Waals surface area contributed by atoms with Crippen LogP contribution in [0.1, 0.15) is 5.56 Å². The van der Waals surface area contributed by atoms with Gasteiger partial charge in [-0.05, 0) is 17.7 Å². The highest BCUT2D eigenvalue weighted by Gasteiger charge is 2.01. The van der Waals surface area contributed by atoms with Gasteiger partial charge in [0.15, 0.2) is 0 Å². The number of benzene rings is 1. The summed E-state index contributed by atoms with van der Waals surface area (Å²) in [7, 11) is 1.53. The van der Waals surface area contributed by atoms with Crippen LogP contribution >= 0.6 is 0 Å². The fraction of sp³-hybridized carbons (Fsp3) is 0.143. The van der Waals surface area contributed by atoms with E-state index in [0.717, 1.165) is 5.56 Å². The van der Waals surface area contributed by atoms with E-state index in [-0.39, 0.29) is 0 Å². The first-order valence-electron chi connectivity index (χ1n) is 5.68. The van der Waals surface area contributed by atoms with Crippen molar-refractivity contribution in [2.45, 2.75) is 0 Å². The molecule has 5 heteroatoms. The minimum atomic E-state index is -0.592. The van der Waals surface area contributed by atoms with E-state index in [1.54, 1.807) is 24.3 Å². The molecule has 0 aliphatic rings. The van der Waals surface area contributed by atoms with Crippen LogP contribution in [0, 0.1) is 0 Å². The molecule has 0 bridgehead atoms. The van der Waals surface area contributed by atoms with Crippen molar-refractivity contribution >= 4 is 6.08 Å². The Morgan fingerprint density at radius 2 is 1.95 bits per heavy atom. The van der Waals surface area contributed by atoms with E-state index in [0.29, 0.717) is 17.1 Å². The van der Waals surface area contributed by atoms with Crippen molar-refractivity contribution in [3.63, 3.8) is 0 Å². The molecule has 0 saturated heterocycles. The highest BCUT2D eigenvalue weighted by Crippen LogP contribution is 2.19. The van der Waals surface area contributed by atoms with Crippen LogP contribution in [-0.2, 0) is 0 Å². The minimum absolute atomic E-state index is 0.452. The average Bonchev–Trinajstić information content (AvgIpc) is 2.48. The number of rotatable bonds is 4. The van der Waals surface area contributed by atoms with Crippen LogP contribution in [-0.4, -0.2) is 29.0 Å². The second kappa shape index (κ2) is 6.06. The maximum Gasteiger partial charge on any atom is 0.233 e. The molecule has 0 radical (unpaired) electrons. The van der Waals surface area contributed by atoms with Crippen LogP contribution < -0.4 is 4.74 Å². The number of hydrogen-bond donors (Lipinski definition) is 1. The van der Waals surface area contributed by atoms with Gasteiger partial charge >= 0.3 is 0 Å². The van der Waals surface area contributed by atoms with E-state index in [4.69, 9.17) is 9.84 Å². The molecule has 98 valence electrons. The molecule has 1 aromatic heterocycles. The van der Waals surface area contributed by atoms with Gasteiger partial charge in [0.25, 0.3) is 0 Å². The van der Waals surface area contributed by atoms with Crippen LogP contribution in [0.4, 0.5) is 4.39 Å². The molecular weight excluding hydrogens is 247 g/mol. The molecule has 0 amide bonds. The maximum atomic E-state index is 12.9. The number of aliphatic hydroxyl groups is 1. The third-order valence-corrected chi connectivity index (χ3v) is 2.53. The highest BCUT2D eigenvalue weighted by atomic mass is 19.1. The van der Waals surface area contributed by atoms with E-state index in [2.05, 4.69) is 10.2 Å². The lowest BCUT2D eigenvalue weighted by atomic mass is 10.1. The van der Waals surface area contributed by atoms with E-state index in [9.17, 15) is 4.39 Å². The van der Waals surface area contributed by atoms with Gasteiger partial charge < -0.3 is 9.84 Å². The van der Waals surface area contributed by atoms with Crippen molar-refractivity contribution in [3.8, 4) is 17.1 Å². The molecule has 1 aromatic carbocycles. The van der Waals surface area contributed by atoms with Gasteiger partial charge in [0.05, 0.1) is 19.4 Å². The standard InChI is InChI=1S/C14H13FN2O2/c1-19-14-7-6-13(16-17-14)11-4-2-10(3-5-11)8-12(15)9-18/h2-8,18H,9H2,1H3/b12-8-. The third-order valence-electron chi connectivity index (χ3n) is 2.53. The van der Waals surface area contributed by atoms with E-state index in [1.165, 1.54) is 13.2 Å². The Bertz CT molecular complexity index is 565. The molecule has 1 N–H and O–H groups in total. The summed E-state index contributed by atoms with van der Waals surface area (Å²) in [6.07, 6.45) is 1.28. The van der Waals surface area contributed by atoms with Gasteiger partial charge in [-0.2, -0.15) is 0 Å². The minimum Gasteiger partial charge on any atom is -0.480 e. The number of aromatic nitrogens is 2. The van der Waals surface area contributed by atoms with Crippen molar-refractivity contribution in [2.24, 2.45) is 0 Å². The summed E-state index contributed by atoms with van der Waals surface area (Å²) in [5.41, 5.74) is 2.26. The summed E-state index contributed by atoms with van der Waals surface area (Å²) in [4.78, 5) is 0. The van der Waals surface area contributed by atoms with Gasteiger partial charge in [-0.3, -0.25) is 0 Å². The Kier molecular flexibility index (Phi) is 4.20. The predicted molar refractivity (Wildman–Crippen MR) is 70.2 cm³/mol. The molecule has 0 fully saturated rings. The summed E-state index contributed by atoms with van der Waals surface area (Å²) in [5.74, 6) is -0.120. The van der Waals surface area contributed by atoms with E-state index < -0.39 is 12.4 Å². The second-order valence-corrected chi connectivity index (χ2v) is 3.83. The predicted octanol–water partition coefficient (Wildman–Crippen LogP) is 2.45. The fourth-order valence-electron chi connectivity index (χ4n) is 1.56. The lowest BCUT2D eigenvalue weighted by Crippen LogP contribution is -1.92. The Balaban J connectivity index is 2.22. The van der Waals surface area contributed by atoms with Crippen molar-refractivity contribution in [1.82, 2.24) is 10.2 Å². The SMILES string of the molecule is COc1ccc(-c2ccc(/C=C(\F)CO)cc2)nn1. The number of aliphatic hydroxyl groups excluding tert-OH is 1. The molecule has 0 saturated carbocycles. The molecule has 0 aliphatic heterocycles. The number of nitrogens with zero attached hydrogens (tertiary/aromatic N) is 2. The summed E-state index contributed by atoms with van der Waals surface area (Å²) in [5, 5.41) is 16.5. The Hall–Kier alpha value is -2.27. The van der Waals surface area contributed by atoms with Gasteiger partial charge in [0.2, 0.25) is 5.88 Å². The lowest BCUT2D eigenvalue weighted by molar-refractivity contribution is 0.300. The maximum absolute atomic E-state index is 12.9. The third kappa shape index (κ3) is 3.35. The van der Waals surface area contributed by atoms with Crippen LogP contribution in [0.3, 0.4) is 0 Å². The van der Waals surface area contributed by atoms with Crippen molar-refractivity contribution < 1.29 is 14.2 Å². The average molecular weight is 260 g/mol. The zero-order chi connectivity index (χ0) is 13.7. The molecule has 0 atom stereocenters. The van der Waals surface area contributed by atoms with Crippen LogP contribution in [0.2, 0.25) is 0 Å². The normalized spacial score (nSPS) is 11.4. The quantitative estimate of drug-likeness (QED) is 0.917. The zero-order valence-electron chi connectivity index (χ0n) is 10.4. The van der Waals surface area contributed by atoms with Crippen molar-refractivity contribution in [2.75, 3.05) is 13.7 Å². The number of ether oxygens (including phenoxy) is 1. The molecule has 0 spiro atoms. The topological polar surface area (TPSA) is 55.2 Å². The van der Waals surface area contributed by atoms with Gasteiger partial charge in [0, 0.05) is 11.6 Å². The van der Waals surface area contributed by atoms with Gasteiger partial charge in [-0.15, -0.1) is 10.2 Å². The molecule has 19 heavy (non-hydrogen) atoms. The van der Waals surface area contributed by atoms with Crippen LogP contribution in [0.5, 0.6) is 5.88 Å². The summed E-state index contributed by atoms with van der Waals surface area (Å²) in [6.45, 7) is -0.592. The summed E-state index contributed by atoms with van der Waals surface area (Å²) >= 11 is 0. The largest absolute Gasteiger partial charge is 0.480 e. The molecule has 2 aromatic rings. The number of halogens is 1. The molecule has 2 rings (SSSR count). The molecule has 1 heterocycles. The Morgan fingerprint density at radius 1 is 1.21 bits per heavy atom. The molecule has 0 aliphatic carbocycles. The van der Waals surface area contributed by atoms with Crippen LogP contribution in [0.25, 0.3) is 17.3 Å². The fourth-order valence-corrected chi connectivity index (χ4v) is 1.56.